The van der Waals surface area contributed by atoms with E-state index < -0.39 is 0 Å². The van der Waals surface area contributed by atoms with Crippen molar-refractivity contribution < 1.29 is 5.11 Å². The van der Waals surface area contributed by atoms with Gasteiger partial charge in [0, 0.05) is 24.5 Å². The fraction of sp³-hybridized carbons (Fsp3) is 0.474. The Balaban J connectivity index is 1.45. The average molecular weight is 330 g/mol. The Bertz CT molecular complexity index is 605. The van der Waals surface area contributed by atoms with Crippen LogP contribution >= 0.6 is 11.3 Å². The zero-order chi connectivity index (χ0) is 15.9. The molecule has 1 fully saturated rings. The predicted octanol–water partition coefficient (Wildman–Crippen LogP) is 3.52. The van der Waals surface area contributed by atoms with Crippen LogP contribution in [-0.4, -0.2) is 23.1 Å². The summed E-state index contributed by atoms with van der Waals surface area (Å²) in [6.07, 6.45) is 4.10. The van der Waals surface area contributed by atoms with Crippen LogP contribution in [0.25, 0.3) is 0 Å². The number of hydrogen-bond donors (Lipinski definition) is 2. The second-order valence-corrected chi connectivity index (χ2v) is 7.34. The van der Waals surface area contributed by atoms with Crippen molar-refractivity contribution in [1.29, 1.82) is 0 Å². The molecule has 0 bridgehead atoms. The number of aliphatic hydroxyl groups is 1. The summed E-state index contributed by atoms with van der Waals surface area (Å²) in [6.45, 7) is 5.48. The first-order valence-corrected chi connectivity index (χ1v) is 9.39. The van der Waals surface area contributed by atoms with Gasteiger partial charge >= 0.3 is 0 Å². The minimum absolute atomic E-state index is 0.110. The molecular weight excluding hydrogens is 304 g/mol. The van der Waals surface area contributed by atoms with Crippen molar-refractivity contribution in [2.24, 2.45) is 0 Å². The molecule has 0 unspecified atom stereocenters. The van der Waals surface area contributed by atoms with Gasteiger partial charge in [0.2, 0.25) is 0 Å². The van der Waals surface area contributed by atoms with Crippen molar-refractivity contribution in [2.75, 3.05) is 13.1 Å². The molecule has 2 heterocycles. The largest absolute Gasteiger partial charge is 0.392 e. The van der Waals surface area contributed by atoms with Crippen molar-refractivity contribution in [3.63, 3.8) is 0 Å². The Morgan fingerprint density at radius 3 is 2.65 bits per heavy atom. The molecule has 4 heteroatoms. The first-order valence-electron chi connectivity index (χ1n) is 8.51. The fourth-order valence-electron chi connectivity index (χ4n) is 3.15. The minimum atomic E-state index is 0.110. The zero-order valence-electron chi connectivity index (χ0n) is 13.6. The number of likely N-dealkylation sites (tertiary alicyclic amines) is 1. The Kier molecular flexibility index (Phi) is 6.22. The van der Waals surface area contributed by atoms with Gasteiger partial charge < -0.3 is 10.4 Å². The van der Waals surface area contributed by atoms with Gasteiger partial charge in [0.1, 0.15) is 0 Å². The third-order valence-corrected chi connectivity index (χ3v) is 5.35. The van der Waals surface area contributed by atoms with Gasteiger partial charge in [0.05, 0.1) is 6.61 Å². The predicted molar refractivity (Wildman–Crippen MR) is 96.4 cm³/mol. The second kappa shape index (κ2) is 8.60. The summed E-state index contributed by atoms with van der Waals surface area (Å²) >= 11 is 1.85. The van der Waals surface area contributed by atoms with Gasteiger partial charge in [-0.25, -0.2) is 0 Å². The molecule has 2 aromatic rings. The summed E-state index contributed by atoms with van der Waals surface area (Å²) < 4.78 is 0. The molecule has 3 nitrogen and oxygen atoms in total. The minimum Gasteiger partial charge on any atom is -0.392 e. The van der Waals surface area contributed by atoms with E-state index in [1.54, 1.807) is 0 Å². The first-order chi connectivity index (χ1) is 11.3. The van der Waals surface area contributed by atoms with E-state index in [1.165, 1.54) is 48.4 Å². The lowest BCUT2D eigenvalue weighted by molar-refractivity contribution is 0.221. The summed E-state index contributed by atoms with van der Waals surface area (Å²) in [6, 6.07) is 10.5. The molecule has 0 saturated carbocycles. The number of nitrogens with zero attached hydrogens (tertiary/aromatic N) is 1. The molecule has 1 saturated heterocycles. The molecule has 3 rings (SSSR count). The molecule has 1 aliphatic rings. The summed E-state index contributed by atoms with van der Waals surface area (Å²) in [5.74, 6) is 0. The van der Waals surface area contributed by atoms with Crippen molar-refractivity contribution >= 4 is 11.3 Å². The normalized spacial score (nSPS) is 15.9. The molecule has 0 atom stereocenters. The zero-order valence-corrected chi connectivity index (χ0v) is 14.4. The van der Waals surface area contributed by atoms with E-state index in [4.69, 9.17) is 0 Å². The first kappa shape index (κ1) is 16.7. The number of piperidine rings is 1. The SMILES string of the molecule is OCc1cccc(CNCc2cc(CN3CCCCC3)cs2)c1. The molecule has 1 aliphatic heterocycles. The number of rotatable bonds is 7. The summed E-state index contributed by atoms with van der Waals surface area (Å²) in [5.41, 5.74) is 3.65. The van der Waals surface area contributed by atoms with Crippen LogP contribution in [0, 0.1) is 0 Å². The summed E-state index contributed by atoms with van der Waals surface area (Å²) in [4.78, 5) is 3.97. The third kappa shape index (κ3) is 5.15. The van der Waals surface area contributed by atoms with Gasteiger partial charge in [-0.15, -0.1) is 11.3 Å². The van der Waals surface area contributed by atoms with Crippen molar-refractivity contribution in [2.45, 2.75) is 45.5 Å². The second-order valence-electron chi connectivity index (χ2n) is 6.34. The Morgan fingerprint density at radius 2 is 1.83 bits per heavy atom. The fourth-order valence-corrected chi connectivity index (χ4v) is 4.00. The van der Waals surface area contributed by atoms with Crippen molar-refractivity contribution in [3.8, 4) is 0 Å². The van der Waals surface area contributed by atoms with Crippen LogP contribution in [-0.2, 0) is 26.2 Å². The summed E-state index contributed by atoms with van der Waals surface area (Å²) in [5, 5.41) is 15.0. The van der Waals surface area contributed by atoms with Gasteiger partial charge in [0.15, 0.2) is 0 Å². The average Bonchev–Trinajstić information content (AvgIpc) is 3.03. The van der Waals surface area contributed by atoms with Crippen LogP contribution in [0.5, 0.6) is 0 Å². The molecule has 0 spiro atoms. The Labute approximate surface area is 143 Å². The maximum atomic E-state index is 9.18. The van der Waals surface area contributed by atoms with E-state index in [0.29, 0.717) is 0 Å². The maximum Gasteiger partial charge on any atom is 0.0681 e. The highest BCUT2D eigenvalue weighted by Gasteiger charge is 2.11. The molecule has 0 aliphatic carbocycles. The van der Waals surface area contributed by atoms with Gasteiger partial charge in [-0.1, -0.05) is 30.7 Å². The molecule has 23 heavy (non-hydrogen) atoms. The van der Waals surface area contributed by atoms with Crippen LogP contribution < -0.4 is 5.32 Å². The highest BCUT2D eigenvalue weighted by Crippen LogP contribution is 2.19. The molecular formula is C19H26N2OS. The molecule has 1 aromatic heterocycles. The number of nitrogens with one attached hydrogen (secondary N) is 1. The molecule has 124 valence electrons. The number of benzene rings is 1. The third-order valence-electron chi connectivity index (χ3n) is 4.37. The quantitative estimate of drug-likeness (QED) is 0.815. The van der Waals surface area contributed by atoms with E-state index in [0.717, 1.165) is 25.2 Å². The van der Waals surface area contributed by atoms with Crippen molar-refractivity contribution in [1.82, 2.24) is 10.2 Å². The van der Waals surface area contributed by atoms with Gasteiger partial charge in [-0.3, -0.25) is 4.90 Å². The highest BCUT2D eigenvalue weighted by molar-refractivity contribution is 7.10. The molecule has 1 aromatic carbocycles. The van der Waals surface area contributed by atoms with Crippen LogP contribution in [0.15, 0.2) is 35.7 Å². The lowest BCUT2D eigenvalue weighted by Gasteiger charge is -2.25. The lowest BCUT2D eigenvalue weighted by atomic mass is 10.1. The highest BCUT2D eigenvalue weighted by atomic mass is 32.1. The smallest absolute Gasteiger partial charge is 0.0681 e. The van der Waals surface area contributed by atoms with Crippen LogP contribution in [0.2, 0.25) is 0 Å². The van der Waals surface area contributed by atoms with Gasteiger partial charge in [-0.2, -0.15) is 0 Å². The standard InChI is InChI=1S/C19H26N2OS/c22-14-17-6-4-5-16(9-17)11-20-12-19-10-18(15-23-19)13-21-7-2-1-3-8-21/h4-6,9-10,15,20,22H,1-3,7-8,11-14H2. The van der Waals surface area contributed by atoms with Crippen LogP contribution in [0.3, 0.4) is 0 Å². The Hall–Kier alpha value is -1.20. The molecule has 0 radical (unpaired) electrons. The summed E-state index contributed by atoms with van der Waals surface area (Å²) in [7, 11) is 0. The van der Waals surface area contributed by atoms with Crippen LogP contribution in [0.1, 0.15) is 40.8 Å². The van der Waals surface area contributed by atoms with Gasteiger partial charge in [-0.05, 0) is 54.1 Å². The van der Waals surface area contributed by atoms with E-state index in [-0.39, 0.29) is 6.61 Å². The monoisotopic (exact) mass is 330 g/mol. The topological polar surface area (TPSA) is 35.5 Å². The van der Waals surface area contributed by atoms with E-state index in [9.17, 15) is 5.11 Å². The number of thiophene rings is 1. The maximum absolute atomic E-state index is 9.18. The van der Waals surface area contributed by atoms with Crippen LogP contribution in [0.4, 0.5) is 0 Å². The van der Waals surface area contributed by atoms with E-state index in [1.807, 2.05) is 23.5 Å². The van der Waals surface area contributed by atoms with E-state index in [2.05, 4.69) is 33.8 Å². The number of aliphatic hydroxyl groups excluding tert-OH is 1. The number of hydrogen-bond acceptors (Lipinski definition) is 4. The Morgan fingerprint density at radius 1 is 1.00 bits per heavy atom. The lowest BCUT2D eigenvalue weighted by Crippen LogP contribution is -2.28. The van der Waals surface area contributed by atoms with E-state index >= 15 is 0 Å². The van der Waals surface area contributed by atoms with Gasteiger partial charge in [0.25, 0.3) is 0 Å². The molecule has 0 amide bonds. The van der Waals surface area contributed by atoms with Crippen molar-refractivity contribution in [3.05, 3.63) is 57.3 Å². The molecule has 2 N–H and O–H groups in total.